The van der Waals surface area contributed by atoms with Gasteiger partial charge in [-0.3, -0.25) is 19.2 Å². The van der Waals surface area contributed by atoms with Crippen molar-refractivity contribution in [3.05, 3.63) is 46.0 Å². The van der Waals surface area contributed by atoms with E-state index >= 15 is 0 Å². The molecule has 7 N–H and O–H groups in total. The number of amides is 2. The molecule has 0 bridgehead atoms. The fourth-order valence-corrected chi connectivity index (χ4v) is 5.02. The molecule has 0 radical (unpaired) electrons. The Hall–Kier alpha value is -3.73. The number of halogens is 1. The Morgan fingerprint density at radius 2 is 1.88 bits per heavy atom. The summed E-state index contributed by atoms with van der Waals surface area (Å²) in [4.78, 5) is 49.8. The van der Waals surface area contributed by atoms with E-state index in [-0.39, 0.29) is 24.0 Å². The maximum Gasteiger partial charge on any atom is 0.255 e. The molecule has 1 fully saturated rings. The van der Waals surface area contributed by atoms with E-state index in [9.17, 15) is 44.0 Å². The molecule has 0 aromatic heterocycles. The molecule has 2 amide bonds. The number of ketones is 2. The van der Waals surface area contributed by atoms with Crippen LogP contribution in [-0.2, 0) is 25.6 Å². The normalized spacial score (nSPS) is 29.3. The number of benzene rings is 1. The van der Waals surface area contributed by atoms with E-state index in [1.165, 1.54) is 0 Å². The van der Waals surface area contributed by atoms with Gasteiger partial charge in [-0.15, -0.1) is 0 Å². The molecule has 4 atom stereocenters. The molecule has 1 aromatic rings. The van der Waals surface area contributed by atoms with Crippen LogP contribution in [0.3, 0.4) is 0 Å². The predicted octanol–water partition coefficient (Wildman–Crippen LogP) is -0.322. The third-order valence-electron chi connectivity index (χ3n) is 6.38. The van der Waals surface area contributed by atoms with Crippen molar-refractivity contribution >= 4 is 29.1 Å². The van der Waals surface area contributed by atoms with Gasteiger partial charge in [-0.2, -0.15) is 0 Å². The van der Waals surface area contributed by atoms with E-state index in [1.54, 1.807) is 0 Å². The van der Waals surface area contributed by atoms with Crippen molar-refractivity contribution in [3.63, 3.8) is 0 Å². The van der Waals surface area contributed by atoms with Gasteiger partial charge in [0.1, 0.15) is 28.7 Å². The highest BCUT2D eigenvalue weighted by atomic mass is 19.1. The lowest BCUT2D eigenvalue weighted by Crippen LogP contribution is -2.66. The van der Waals surface area contributed by atoms with Crippen LogP contribution in [-0.4, -0.2) is 55.4 Å². The van der Waals surface area contributed by atoms with Crippen LogP contribution >= 0.6 is 0 Å². The van der Waals surface area contributed by atoms with Gasteiger partial charge < -0.3 is 31.5 Å². The molecule has 0 spiro atoms. The summed E-state index contributed by atoms with van der Waals surface area (Å²) in [5, 5.41) is 45.1. The lowest BCUT2D eigenvalue weighted by molar-refractivity contribution is -0.151. The smallest absolute Gasteiger partial charge is 0.255 e. The summed E-state index contributed by atoms with van der Waals surface area (Å²) >= 11 is 0. The van der Waals surface area contributed by atoms with Gasteiger partial charge in [0, 0.05) is 24.0 Å². The molecule has 1 aromatic carbocycles. The highest BCUT2D eigenvalue weighted by molar-refractivity contribution is 6.25. The number of primary amides is 1. The van der Waals surface area contributed by atoms with Gasteiger partial charge in [0.25, 0.3) is 5.91 Å². The second-order valence-corrected chi connectivity index (χ2v) is 8.15. The minimum absolute atomic E-state index is 0.0645. The first-order valence-electron chi connectivity index (χ1n) is 9.67. The van der Waals surface area contributed by atoms with Gasteiger partial charge in [-0.05, 0) is 30.9 Å². The Morgan fingerprint density at radius 1 is 1.22 bits per heavy atom. The number of aliphatic hydroxyl groups is 3. The van der Waals surface area contributed by atoms with Gasteiger partial charge in [-0.25, -0.2) is 4.39 Å². The zero-order valence-corrected chi connectivity index (χ0v) is 16.7. The molecule has 0 unspecified atom stereocenters. The fourth-order valence-electron chi connectivity index (χ4n) is 5.02. The summed E-state index contributed by atoms with van der Waals surface area (Å²) < 4.78 is 14.4. The van der Waals surface area contributed by atoms with E-state index in [0.717, 1.165) is 19.1 Å². The van der Waals surface area contributed by atoms with Crippen LogP contribution in [0.15, 0.2) is 29.0 Å². The van der Waals surface area contributed by atoms with E-state index in [4.69, 9.17) is 5.73 Å². The molecule has 0 heterocycles. The molecule has 11 heteroatoms. The number of Topliss-reactive ketones (excluding diaryl/α,β-unsaturated/α-hetero) is 2. The molecule has 3 aliphatic carbocycles. The summed E-state index contributed by atoms with van der Waals surface area (Å²) in [6.07, 6.45) is -0.412. The Labute approximate surface area is 179 Å². The van der Waals surface area contributed by atoms with Gasteiger partial charge in [-0.1, -0.05) is 0 Å². The number of hydrogen-bond donors (Lipinski definition) is 6. The van der Waals surface area contributed by atoms with Crippen molar-refractivity contribution < 1.29 is 44.0 Å². The number of carbonyl (C=O) groups is 4. The van der Waals surface area contributed by atoms with Crippen LogP contribution in [0.5, 0.6) is 5.75 Å². The van der Waals surface area contributed by atoms with Gasteiger partial charge >= 0.3 is 0 Å². The van der Waals surface area contributed by atoms with Gasteiger partial charge in [0.2, 0.25) is 11.7 Å². The zero-order valence-electron chi connectivity index (χ0n) is 16.7. The van der Waals surface area contributed by atoms with Crippen LogP contribution in [0, 0.1) is 17.7 Å². The van der Waals surface area contributed by atoms with E-state index < -0.39 is 81.1 Å². The Kier molecular flexibility index (Phi) is 4.63. The maximum absolute atomic E-state index is 14.4. The fraction of sp³-hybridized carbons (Fsp3) is 0.333. The number of hydrogen-bond acceptors (Lipinski definition) is 8. The van der Waals surface area contributed by atoms with Crippen molar-refractivity contribution in [3.8, 4) is 5.75 Å². The molecule has 168 valence electrons. The third kappa shape index (κ3) is 2.67. The van der Waals surface area contributed by atoms with Crippen molar-refractivity contribution in [1.82, 2.24) is 5.32 Å². The van der Waals surface area contributed by atoms with Crippen LogP contribution < -0.4 is 11.1 Å². The van der Waals surface area contributed by atoms with Gasteiger partial charge in [0.05, 0.1) is 11.6 Å². The first kappa shape index (κ1) is 21.5. The lowest BCUT2D eigenvalue weighted by atomic mass is 9.57. The first-order chi connectivity index (χ1) is 14.9. The van der Waals surface area contributed by atoms with E-state index in [2.05, 4.69) is 5.32 Å². The molecule has 10 nitrogen and oxygen atoms in total. The quantitative estimate of drug-likeness (QED) is 0.333. The average molecular weight is 446 g/mol. The molecular weight excluding hydrogens is 427 g/mol. The number of nitrogens with two attached hydrogens (primary N) is 1. The van der Waals surface area contributed by atoms with Crippen LogP contribution in [0.2, 0.25) is 0 Å². The number of rotatable bonds is 2. The SMILES string of the molecule is CC(=O)N[C@@H]1C(=O)C(C(N)=O)=C(O)[C@@]2(O)C(=O)C3=C(O)c4c(O)ccc(F)c4C[C@H]3C[C@@H]12. The van der Waals surface area contributed by atoms with Crippen molar-refractivity contribution in [2.75, 3.05) is 0 Å². The lowest BCUT2D eigenvalue weighted by Gasteiger charge is -2.48. The molecule has 32 heavy (non-hydrogen) atoms. The minimum atomic E-state index is -2.87. The van der Waals surface area contributed by atoms with Crippen molar-refractivity contribution in [1.29, 1.82) is 0 Å². The van der Waals surface area contributed by atoms with Crippen LogP contribution in [0.25, 0.3) is 5.76 Å². The summed E-state index contributed by atoms with van der Waals surface area (Å²) in [5.74, 6) is -10.1. The number of aromatic hydroxyl groups is 1. The molecule has 3 aliphatic rings. The first-order valence-corrected chi connectivity index (χ1v) is 9.67. The van der Waals surface area contributed by atoms with E-state index in [0.29, 0.717) is 0 Å². The summed E-state index contributed by atoms with van der Waals surface area (Å²) in [6.45, 7) is 1.07. The van der Waals surface area contributed by atoms with Crippen molar-refractivity contribution in [2.24, 2.45) is 17.6 Å². The average Bonchev–Trinajstić information content (AvgIpc) is 2.70. The Morgan fingerprint density at radius 3 is 2.47 bits per heavy atom. The molecule has 0 aliphatic heterocycles. The molecule has 0 saturated heterocycles. The Bertz CT molecular complexity index is 1190. The largest absolute Gasteiger partial charge is 0.508 e. The maximum atomic E-state index is 14.4. The van der Waals surface area contributed by atoms with Crippen LogP contribution in [0.1, 0.15) is 24.5 Å². The highest BCUT2D eigenvalue weighted by Crippen LogP contribution is 2.52. The highest BCUT2D eigenvalue weighted by Gasteiger charge is 2.64. The van der Waals surface area contributed by atoms with Crippen LogP contribution in [0.4, 0.5) is 4.39 Å². The number of aliphatic hydroxyl groups excluding tert-OH is 2. The molecule has 1 saturated carbocycles. The molecule has 4 rings (SSSR count). The monoisotopic (exact) mass is 446 g/mol. The summed E-state index contributed by atoms with van der Waals surface area (Å²) in [7, 11) is 0. The standard InChI is InChI=1S/C21H19FN2O8/c1-6(25)24-15-9-5-7-4-8-10(22)2-3-11(26)13(8)16(27)12(7)18(29)21(9,32)19(30)14(17(15)28)20(23)31/h2-3,7,9,15,26-27,30,32H,4-5H2,1H3,(H2,23,31)(H,24,25)/t7-,9-,15-,21-/m0/s1. The number of nitrogens with one attached hydrogen (secondary N) is 1. The third-order valence-corrected chi connectivity index (χ3v) is 6.38. The topological polar surface area (TPSA) is 187 Å². The van der Waals surface area contributed by atoms with Crippen molar-refractivity contribution in [2.45, 2.75) is 31.4 Å². The summed E-state index contributed by atoms with van der Waals surface area (Å²) in [6, 6.07) is 0.398. The molecular formula is C21H19FN2O8. The number of phenols is 1. The second kappa shape index (κ2) is 6.89. The van der Waals surface area contributed by atoms with Gasteiger partial charge in [0.15, 0.2) is 11.4 Å². The second-order valence-electron chi connectivity index (χ2n) is 8.15. The summed E-state index contributed by atoms with van der Waals surface area (Å²) in [5.41, 5.74) is 0.478. The Balaban J connectivity index is 1.97. The predicted molar refractivity (Wildman–Crippen MR) is 104 cm³/mol. The number of fused-ring (bicyclic) bond motifs is 3. The number of carbonyl (C=O) groups excluding carboxylic acids is 4. The van der Waals surface area contributed by atoms with E-state index in [1.807, 2.05) is 0 Å². The minimum Gasteiger partial charge on any atom is -0.508 e. The number of phenolic OH excluding ortho intramolecular Hbond substituents is 1. The zero-order chi connectivity index (χ0) is 23.7.